The number of nitrogens with zero attached hydrogens (tertiary/aromatic N) is 6. The Morgan fingerprint density at radius 3 is 2.76 bits per heavy atom. The lowest BCUT2D eigenvalue weighted by Gasteiger charge is -2.17. The van der Waals surface area contributed by atoms with Gasteiger partial charge in [-0.25, -0.2) is 4.98 Å². The van der Waals surface area contributed by atoms with Gasteiger partial charge in [-0.3, -0.25) is 24.4 Å². The maximum atomic E-state index is 12.9. The molecule has 12 heteroatoms. The third kappa shape index (κ3) is 6.33. The SMILES string of the molecule is CCN(CC)CCn1cc(NC(=O)c2csc(-c3cn[nH]c3)n2)c(-c2ccccn2)n1.O=CO. The first kappa shape index (κ1) is 24.7. The third-order valence-electron chi connectivity index (χ3n) is 4.94. The number of likely N-dealkylation sites (N-methyl/N-ethyl adjacent to an activating group) is 1. The number of H-pyrrole nitrogens is 1. The summed E-state index contributed by atoms with van der Waals surface area (Å²) < 4.78 is 1.86. The number of amides is 1. The summed E-state index contributed by atoms with van der Waals surface area (Å²) in [5, 5.41) is 23.7. The molecule has 0 radical (unpaired) electrons. The fraction of sp³-hybridized carbons (Fsp3) is 0.273. The average Bonchev–Trinajstić information content (AvgIpc) is 3.61. The minimum absolute atomic E-state index is 0.250. The molecule has 0 bridgehead atoms. The summed E-state index contributed by atoms with van der Waals surface area (Å²) in [6.07, 6.45) is 7.00. The Labute approximate surface area is 200 Å². The number of nitrogens with one attached hydrogen (secondary N) is 2. The van der Waals surface area contributed by atoms with Crippen molar-refractivity contribution < 1.29 is 14.7 Å². The van der Waals surface area contributed by atoms with Gasteiger partial charge in [0, 0.05) is 36.1 Å². The molecule has 0 atom stereocenters. The molecule has 11 nitrogen and oxygen atoms in total. The lowest BCUT2D eigenvalue weighted by molar-refractivity contribution is -0.122. The van der Waals surface area contributed by atoms with E-state index in [-0.39, 0.29) is 12.4 Å². The van der Waals surface area contributed by atoms with E-state index < -0.39 is 0 Å². The van der Waals surface area contributed by atoms with Gasteiger partial charge in [0.25, 0.3) is 12.4 Å². The van der Waals surface area contributed by atoms with Crippen LogP contribution in [0.4, 0.5) is 5.69 Å². The van der Waals surface area contributed by atoms with Crippen LogP contribution in [0.25, 0.3) is 22.0 Å². The van der Waals surface area contributed by atoms with Crippen LogP contribution in [0.2, 0.25) is 0 Å². The molecule has 0 aromatic carbocycles. The molecule has 0 aliphatic carbocycles. The van der Waals surface area contributed by atoms with Gasteiger partial charge in [-0.2, -0.15) is 10.2 Å². The maximum Gasteiger partial charge on any atom is 0.290 e. The number of carbonyl (C=O) groups is 2. The van der Waals surface area contributed by atoms with E-state index in [1.54, 1.807) is 24.0 Å². The number of aromatic nitrogens is 6. The highest BCUT2D eigenvalue weighted by Crippen LogP contribution is 2.27. The van der Waals surface area contributed by atoms with Crippen LogP contribution < -0.4 is 5.32 Å². The zero-order chi connectivity index (χ0) is 24.3. The van der Waals surface area contributed by atoms with Crippen LogP contribution in [0.3, 0.4) is 0 Å². The topological polar surface area (TPSA) is 142 Å². The molecule has 4 heterocycles. The van der Waals surface area contributed by atoms with Gasteiger partial charge < -0.3 is 15.3 Å². The molecule has 1 amide bonds. The van der Waals surface area contributed by atoms with Crippen molar-refractivity contribution in [2.45, 2.75) is 20.4 Å². The van der Waals surface area contributed by atoms with Crippen LogP contribution in [0.1, 0.15) is 24.3 Å². The van der Waals surface area contributed by atoms with Gasteiger partial charge in [0.2, 0.25) is 0 Å². The van der Waals surface area contributed by atoms with Crippen molar-refractivity contribution in [3.05, 3.63) is 54.1 Å². The number of hydrogen-bond acceptors (Lipinski definition) is 8. The van der Waals surface area contributed by atoms with Gasteiger partial charge in [-0.15, -0.1) is 11.3 Å². The summed E-state index contributed by atoms with van der Waals surface area (Å²) in [4.78, 5) is 32.4. The molecule has 178 valence electrons. The van der Waals surface area contributed by atoms with E-state index in [4.69, 9.17) is 15.0 Å². The van der Waals surface area contributed by atoms with Crippen molar-refractivity contribution >= 4 is 29.4 Å². The maximum absolute atomic E-state index is 12.9. The first-order valence-corrected chi connectivity index (χ1v) is 11.5. The largest absolute Gasteiger partial charge is 0.483 e. The molecule has 0 saturated heterocycles. The summed E-state index contributed by atoms with van der Waals surface area (Å²) in [5.41, 5.74) is 3.16. The van der Waals surface area contributed by atoms with Crippen molar-refractivity contribution in [1.29, 1.82) is 0 Å². The second-order valence-electron chi connectivity index (χ2n) is 6.98. The van der Waals surface area contributed by atoms with Crippen LogP contribution in [-0.4, -0.2) is 72.0 Å². The Bertz CT molecular complexity index is 1170. The predicted octanol–water partition coefficient (Wildman–Crippen LogP) is 3.09. The summed E-state index contributed by atoms with van der Waals surface area (Å²) in [6, 6.07) is 5.64. The molecule has 0 saturated carbocycles. The Hall–Kier alpha value is -3.90. The van der Waals surface area contributed by atoms with E-state index in [2.05, 4.69) is 44.2 Å². The Balaban J connectivity index is 0.00000103. The minimum atomic E-state index is -0.286. The zero-order valence-corrected chi connectivity index (χ0v) is 19.7. The van der Waals surface area contributed by atoms with Gasteiger partial charge in [-0.05, 0) is 25.2 Å². The summed E-state index contributed by atoms with van der Waals surface area (Å²) in [6.45, 7) is 7.60. The minimum Gasteiger partial charge on any atom is -0.483 e. The number of pyridine rings is 1. The first-order valence-electron chi connectivity index (χ1n) is 10.6. The van der Waals surface area contributed by atoms with Gasteiger partial charge in [0.1, 0.15) is 16.4 Å². The van der Waals surface area contributed by atoms with E-state index >= 15 is 0 Å². The smallest absolute Gasteiger partial charge is 0.290 e. The molecule has 4 aromatic heterocycles. The van der Waals surface area contributed by atoms with E-state index in [1.807, 2.05) is 29.1 Å². The molecular weight excluding hydrogens is 456 g/mol. The normalized spacial score (nSPS) is 10.6. The average molecular weight is 483 g/mol. The van der Waals surface area contributed by atoms with E-state index in [1.165, 1.54) is 11.3 Å². The van der Waals surface area contributed by atoms with Crippen LogP contribution in [0.15, 0.2) is 48.4 Å². The van der Waals surface area contributed by atoms with Gasteiger partial charge >= 0.3 is 0 Å². The number of carbonyl (C=O) groups excluding carboxylic acids is 1. The lowest BCUT2D eigenvalue weighted by Crippen LogP contribution is -2.27. The van der Waals surface area contributed by atoms with Crippen LogP contribution in [0.5, 0.6) is 0 Å². The van der Waals surface area contributed by atoms with E-state index in [0.29, 0.717) is 22.8 Å². The van der Waals surface area contributed by atoms with Crippen molar-refractivity contribution in [2.24, 2.45) is 0 Å². The van der Waals surface area contributed by atoms with Gasteiger partial charge in [-0.1, -0.05) is 19.9 Å². The molecular formula is C22H26N8O3S. The highest BCUT2D eigenvalue weighted by Gasteiger charge is 2.18. The Morgan fingerprint density at radius 1 is 1.32 bits per heavy atom. The molecule has 0 aliphatic heterocycles. The summed E-state index contributed by atoms with van der Waals surface area (Å²) >= 11 is 1.40. The van der Waals surface area contributed by atoms with Crippen molar-refractivity contribution in [3.63, 3.8) is 0 Å². The molecule has 0 spiro atoms. The molecule has 4 aromatic rings. The second kappa shape index (κ2) is 12.4. The Kier molecular flexibility index (Phi) is 9.00. The van der Waals surface area contributed by atoms with Gasteiger partial charge in [0.15, 0.2) is 0 Å². The molecule has 4 rings (SSSR count). The molecule has 0 aliphatic rings. The first-order chi connectivity index (χ1) is 16.6. The van der Waals surface area contributed by atoms with Crippen molar-refractivity contribution in [1.82, 2.24) is 34.8 Å². The van der Waals surface area contributed by atoms with Crippen LogP contribution >= 0.6 is 11.3 Å². The van der Waals surface area contributed by atoms with Crippen LogP contribution in [0, 0.1) is 0 Å². The highest BCUT2D eigenvalue weighted by molar-refractivity contribution is 7.13. The monoisotopic (exact) mass is 482 g/mol. The number of aromatic amines is 1. The van der Waals surface area contributed by atoms with E-state index in [0.717, 1.165) is 36.8 Å². The number of anilines is 1. The Morgan fingerprint density at radius 2 is 2.12 bits per heavy atom. The third-order valence-corrected chi connectivity index (χ3v) is 5.83. The summed E-state index contributed by atoms with van der Waals surface area (Å²) in [7, 11) is 0. The number of carboxylic acid groups (broad SMARTS) is 1. The fourth-order valence-electron chi connectivity index (χ4n) is 3.17. The molecule has 0 unspecified atom stereocenters. The quantitative estimate of drug-likeness (QED) is 0.309. The van der Waals surface area contributed by atoms with Crippen molar-refractivity contribution in [2.75, 3.05) is 25.0 Å². The van der Waals surface area contributed by atoms with Crippen molar-refractivity contribution in [3.8, 4) is 22.0 Å². The lowest BCUT2D eigenvalue weighted by atomic mass is 10.2. The predicted molar refractivity (Wildman–Crippen MR) is 130 cm³/mol. The number of thiazole rings is 1. The highest BCUT2D eigenvalue weighted by atomic mass is 32.1. The standard InChI is InChI=1S/C21H24N8OS.CH2O2/c1-3-28(4-2)9-10-29-13-17(19(27-29)16-7-5-6-8-22-16)25-20(30)18-14-31-21(26-18)15-11-23-24-12-15;2-1-3/h5-8,11-14H,3-4,9-10H2,1-2H3,(H,23,24)(H,25,30);1H,(H,2,3). The molecule has 34 heavy (non-hydrogen) atoms. The van der Waals surface area contributed by atoms with Crippen LogP contribution in [-0.2, 0) is 11.3 Å². The van der Waals surface area contributed by atoms with Gasteiger partial charge in [0.05, 0.1) is 24.1 Å². The number of rotatable bonds is 9. The summed E-state index contributed by atoms with van der Waals surface area (Å²) in [5.74, 6) is -0.286. The number of hydrogen-bond donors (Lipinski definition) is 3. The van der Waals surface area contributed by atoms with E-state index in [9.17, 15) is 4.79 Å². The second-order valence-corrected chi connectivity index (χ2v) is 7.84. The zero-order valence-electron chi connectivity index (χ0n) is 18.9. The molecule has 0 fully saturated rings. The fourth-order valence-corrected chi connectivity index (χ4v) is 3.95. The molecule has 3 N–H and O–H groups in total.